The summed E-state index contributed by atoms with van der Waals surface area (Å²) in [7, 11) is 0. The van der Waals surface area contributed by atoms with Crippen molar-refractivity contribution in [3.05, 3.63) is 35.8 Å². The average Bonchev–Trinajstić information content (AvgIpc) is 2.95. The van der Waals surface area contributed by atoms with E-state index in [1.807, 2.05) is 23.9 Å². The summed E-state index contributed by atoms with van der Waals surface area (Å²) in [5.74, 6) is 1.36. The Morgan fingerprint density at radius 2 is 2.10 bits per heavy atom. The number of aromatic nitrogens is 3. The van der Waals surface area contributed by atoms with E-state index >= 15 is 0 Å². The second kappa shape index (κ2) is 7.78. The molecule has 0 aliphatic heterocycles. The lowest BCUT2D eigenvalue weighted by atomic mass is 10.2. The van der Waals surface area contributed by atoms with E-state index in [0.29, 0.717) is 5.88 Å². The molecule has 1 N–H and O–H groups in total. The highest BCUT2D eigenvalue weighted by molar-refractivity contribution is 5.29. The van der Waals surface area contributed by atoms with E-state index in [4.69, 9.17) is 4.74 Å². The van der Waals surface area contributed by atoms with Crippen LogP contribution in [0.5, 0.6) is 11.6 Å². The number of pyridine rings is 1. The van der Waals surface area contributed by atoms with Gasteiger partial charge in [0, 0.05) is 24.8 Å². The SMILES string of the molecule is CCCNCc1cc(CC)nc(Oc2cnn(CC)c2)c1. The van der Waals surface area contributed by atoms with Gasteiger partial charge < -0.3 is 10.1 Å². The molecule has 0 fully saturated rings. The Morgan fingerprint density at radius 1 is 1.24 bits per heavy atom. The van der Waals surface area contributed by atoms with Crippen molar-refractivity contribution in [3.63, 3.8) is 0 Å². The number of hydrogen-bond acceptors (Lipinski definition) is 4. The molecule has 2 aromatic rings. The molecule has 2 heterocycles. The van der Waals surface area contributed by atoms with Crippen LogP contribution in [0.1, 0.15) is 38.4 Å². The van der Waals surface area contributed by atoms with Crippen molar-refractivity contribution < 1.29 is 4.74 Å². The van der Waals surface area contributed by atoms with Crippen LogP contribution in [0, 0.1) is 0 Å². The molecule has 0 saturated carbocycles. The van der Waals surface area contributed by atoms with Gasteiger partial charge in [-0.25, -0.2) is 4.98 Å². The minimum absolute atomic E-state index is 0.637. The lowest BCUT2D eigenvalue weighted by Crippen LogP contribution is -2.14. The average molecular weight is 288 g/mol. The molecule has 0 aliphatic rings. The first kappa shape index (κ1) is 15.5. The molecule has 0 bridgehead atoms. The number of hydrogen-bond donors (Lipinski definition) is 1. The highest BCUT2D eigenvalue weighted by atomic mass is 16.5. The molecule has 0 saturated heterocycles. The fraction of sp³-hybridized carbons (Fsp3) is 0.500. The quantitative estimate of drug-likeness (QED) is 0.758. The second-order valence-electron chi connectivity index (χ2n) is 4.97. The third kappa shape index (κ3) is 4.56. The lowest BCUT2D eigenvalue weighted by molar-refractivity contribution is 0.458. The molecule has 0 unspecified atom stereocenters. The zero-order valence-electron chi connectivity index (χ0n) is 13.1. The first-order valence-corrected chi connectivity index (χ1v) is 7.66. The third-order valence-corrected chi connectivity index (χ3v) is 3.19. The first-order valence-electron chi connectivity index (χ1n) is 7.66. The second-order valence-corrected chi connectivity index (χ2v) is 4.97. The highest BCUT2D eigenvalue weighted by Crippen LogP contribution is 2.21. The van der Waals surface area contributed by atoms with Crippen molar-refractivity contribution in [2.24, 2.45) is 0 Å². The smallest absolute Gasteiger partial charge is 0.219 e. The van der Waals surface area contributed by atoms with Gasteiger partial charge in [0.15, 0.2) is 5.75 Å². The largest absolute Gasteiger partial charge is 0.436 e. The van der Waals surface area contributed by atoms with Crippen molar-refractivity contribution in [3.8, 4) is 11.6 Å². The summed E-state index contributed by atoms with van der Waals surface area (Å²) in [6.45, 7) is 9.00. The lowest BCUT2D eigenvalue weighted by Gasteiger charge is -2.09. The number of nitrogens with one attached hydrogen (secondary N) is 1. The van der Waals surface area contributed by atoms with E-state index in [9.17, 15) is 0 Å². The Kier molecular flexibility index (Phi) is 5.75. The van der Waals surface area contributed by atoms with Gasteiger partial charge in [-0.1, -0.05) is 13.8 Å². The molecule has 0 spiro atoms. The van der Waals surface area contributed by atoms with Crippen LogP contribution < -0.4 is 10.1 Å². The van der Waals surface area contributed by atoms with Gasteiger partial charge in [0.05, 0.1) is 12.4 Å². The summed E-state index contributed by atoms with van der Waals surface area (Å²) in [4.78, 5) is 4.52. The molecular formula is C16H24N4O. The Labute approximate surface area is 126 Å². The fourth-order valence-corrected chi connectivity index (χ4v) is 2.06. The van der Waals surface area contributed by atoms with Crippen LogP contribution in [-0.2, 0) is 19.5 Å². The van der Waals surface area contributed by atoms with Gasteiger partial charge in [0.2, 0.25) is 5.88 Å². The normalized spacial score (nSPS) is 10.8. The molecule has 0 atom stereocenters. The summed E-state index contributed by atoms with van der Waals surface area (Å²) < 4.78 is 7.66. The standard InChI is InChI=1S/C16H24N4O/c1-4-7-17-10-13-8-14(5-2)19-16(9-13)21-15-11-18-20(6-3)12-15/h8-9,11-12,17H,4-7,10H2,1-3H3. The molecule has 2 rings (SSSR count). The highest BCUT2D eigenvalue weighted by Gasteiger charge is 2.06. The van der Waals surface area contributed by atoms with Crippen LogP contribution in [-0.4, -0.2) is 21.3 Å². The Balaban J connectivity index is 2.11. The number of aryl methyl sites for hydroxylation is 2. The van der Waals surface area contributed by atoms with Gasteiger partial charge in [-0.2, -0.15) is 5.10 Å². The zero-order chi connectivity index (χ0) is 15.1. The van der Waals surface area contributed by atoms with Crippen molar-refractivity contribution in [1.82, 2.24) is 20.1 Å². The molecule has 114 valence electrons. The molecule has 5 heteroatoms. The van der Waals surface area contributed by atoms with E-state index in [2.05, 4.69) is 35.3 Å². The van der Waals surface area contributed by atoms with Gasteiger partial charge in [0.25, 0.3) is 0 Å². The first-order chi connectivity index (χ1) is 10.2. The summed E-state index contributed by atoms with van der Waals surface area (Å²) in [5, 5.41) is 7.62. The van der Waals surface area contributed by atoms with E-state index in [1.54, 1.807) is 6.20 Å². The van der Waals surface area contributed by atoms with Crippen LogP contribution in [0.3, 0.4) is 0 Å². The summed E-state index contributed by atoms with van der Waals surface area (Å²) >= 11 is 0. The Bertz CT molecular complexity index is 565. The van der Waals surface area contributed by atoms with Crippen molar-refractivity contribution in [1.29, 1.82) is 0 Å². The van der Waals surface area contributed by atoms with Crippen LogP contribution in [0.25, 0.3) is 0 Å². The molecule has 21 heavy (non-hydrogen) atoms. The molecule has 2 aromatic heterocycles. The van der Waals surface area contributed by atoms with Gasteiger partial charge in [-0.3, -0.25) is 4.68 Å². The maximum Gasteiger partial charge on any atom is 0.219 e. The molecule has 0 aliphatic carbocycles. The zero-order valence-corrected chi connectivity index (χ0v) is 13.1. The van der Waals surface area contributed by atoms with Gasteiger partial charge in [-0.05, 0) is 37.9 Å². The monoisotopic (exact) mass is 288 g/mol. The van der Waals surface area contributed by atoms with E-state index in [1.165, 1.54) is 5.56 Å². The topological polar surface area (TPSA) is 52.0 Å². The predicted octanol–water partition coefficient (Wildman–Crippen LogP) is 3.15. The molecule has 5 nitrogen and oxygen atoms in total. The van der Waals surface area contributed by atoms with Crippen LogP contribution in [0.2, 0.25) is 0 Å². The minimum Gasteiger partial charge on any atom is -0.436 e. The maximum atomic E-state index is 5.83. The van der Waals surface area contributed by atoms with Crippen molar-refractivity contribution in [2.75, 3.05) is 6.54 Å². The van der Waals surface area contributed by atoms with Crippen LogP contribution in [0.15, 0.2) is 24.5 Å². The van der Waals surface area contributed by atoms with Crippen LogP contribution in [0.4, 0.5) is 0 Å². The third-order valence-electron chi connectivity index (χ3n) is 3.19. The molecular weight excluding hydrogens is 264 g/mol. The van der Waals surface area contributed by atoms with Gasteiger partial charge in [-0.15, -0.1) is 0 Å². The minimum atomic E-state index is 0.637. The van der Waals surface area contributed by atoms with E-state index in [0.717, 1.165) is 43.9 Å². The molecule has 0 radical (unpaired) electrons. The molecule has 0 amide bonds. The summed E-state index contributed by atoms with van der Waals surface area (Å²) in [6.07, 6.45) is 5.63. The van der Waals surface area contributed by atoms with Crippen molar-refractivity contribution >= 4 is 0 Å². The van der Waals surface area contributed by atoms with Crippen LogP contribution >= 0.6 is 0 Å². The van der Waals surface area contributed by atoms with Crippen molar-refractivity contribution in [2.45, 2.75) is 46.7 Å². The van der Waals surface area contributed by atoms with E-state index < -0.39 is 0 Å². The van der Waals surface area contributed by atoms with E-state index in [-0.39, 0.29) is 0 Å². The van der Waals surface area contributed by atoms with Gasteiger partial charge >= 0.3 is 0 Å². The fourth-order valence-electron chi connectivity index (χ4n) is 2.06. The van der Waals surface area contributed by atoms with Gasteiger partial charge in [0.1, 0.15) is 0 Å². The number of nitrogens with zero attached hydrogens (tertiary/aromatic N) is 3. The number of rotatable bonds is 8. The Morgan fingerprint density at radius 3 is 2.76 bits per heavy atom. The number of ether oxygens (including phenoxy) is 1. The summed E-state index contributed by atoms with van der Waals surface area (Å²) in [6, 6.07) is 4.12. The maximum absolute atomic E-state index is 5.83. The predicted molar refractivity (Wildman–Crippen MR) is 83.6 cm³/mol. The molecule has 0 aromatic carbocycles. The Hall–Kier alpha value is -1.88. The summed E-state index contributed by atoms with van der Waals surface area (Å²) in [5.41, 5.74) is 2.25.